The highest BCUT2D eigenvalue weighted by Crippen LogP contribution is 2.51. The molecule has 1 aliphatic heterocycles. The minimum Gasteiger partial charge on any atom is -0.375 e. The Morgan fingerprint density at radius 1 is 1.10 bits per heavy atom. The molecule has 2 heteroatoms. The number of fused-ring (bicyclic) bond motifs is 2. The first-order chi connectivity index (χ1) is 9.74. The molecule has 0 amide bonds. The first-order valence-corrected chi connectivity index (χ1v) is 9.14. The summed E-state index contributed by atoms with van der Waals surface area (Å²) in [6.07, 6.45) is 15.1. The second kappa shape index (κ2) is 5.28. The lowest BCUT2D eigenvalue weighted by atomic mass is 9.76. The van der Waals surface area contributed by atoms with Gasteiger partial charge in [-0.3, -0.25) is 0 Å². The number of rotatable bonds is 3. The fourth-order valence-corrected chi connectivity index (χ4v) is 6.01. The Hall–Kier alpha value is -0.0800. The molecule has 20 heavy (non-hydrogen) atoms. The summed E-state index contributed by atoms with van der Waals surface area (Å²) in [5.41, 5.74) is 6.90. The van der Waals surface area contributed by atoms with Crippen LogP contribution in [0.2, 0.25) is 0 Å². The minimum atomic E-state index is 0.245. The first-order valence-electron chi connectivity index (χ1n) is 9.14. The predicted octanol–water partition coefficient (Wildman–Crippen LogP) is 3.88. The second-order valence-corrected chi connectivity index (χ2v) is 8.33. The van der Waals surface area contributed by atoms with Gasteiger partial charge in [-0.2, -0.15) is 0 Å². The molecule has 3 saturated carbocycles. The van der Waals surface area contributed by atoms with E-state index in [0.29, 0.717) is 6.04 Å². The van der Waals surface area contributed by atoms with Crippen LogP contribution in [0.15, 0.2) is 0 Å². The Kier molecular flexibility index (Phi) is 3.58. The van der Waals surface area contributed by atoms with Gasteiger partial charge in [-0.05, 0) is 75.0 Å². The lowest BCUT2D eigenvalue weighted by Crippen LogP contribution is -2.44. The smallest absolute Gasteiger partial charge is 0.0685 e. The highest BCUT2D eigenvalue weighted by atomic mass is 16.5. The number of nitrogens with two attached hydrogens (primary N) is 1. The summed E-state index contributed by atoms with van der Waals surface area (Å²) in [6, 6.07) is 0.445. The second-order valence-electron chi connectivity index (χ2n) is 8.33. The normalized spacial score (nSPS) is 44.2. The van der Waals surface area contributed by atoms with Crippen molar-refractivity contribution in [3.63, 3.8) is 0 Å². The van der Waals surface area contributed by atoms with Crippen LogP contribution in [-0.2, 0) is 4.74 Å². The van der Waals surface area contributed by atoms with Gasteiger partial charge in [0.1, 0.15) is 0 Å². The third-order valence-electron chi connectivity index (χ3n) is 7.11. The quantitative estimate of drug-likeness (QED) is 0.849. The maximum atomic E-state index is 6.66. The number of hydrogen-bond acceptors (Lipinski definition) is 2. The molecule has 0 aromatic heterocycles. The topological polar surface area (TPSA) is 35.2 Å². The van der Waals surface area contributed by atoms with Crippen LogP contribution in [0.5, 0.6) is 0 Å². The summed E-state index contributed by atoms with van der Waals surface area (Å²) in [7, 11) is 0. The van der Waals surface area contributed by atoms with E-state index in [1.807, 2.05) is 0 Å². The third kappa shape index (κ3) is 2.43. The molecule has 1 spiro atoms. The van der Waals surface area contributed by atoms with Crippen LogP contribution in [0.25, 0.3) is 0 Å². The van der Waals surface area contributed by atoms with Crippen molar-refractivity contribution in [2.24, 2.45) is 29.4 Å². The molecule has 3 aliphatic carbocycles. The van der Waals surface area contributed by atoms with Gasteiger partial charge in [0.2, 0.25) is 0 Å². The van der Waals surface area contributed by atoms with Gasteiger partial charge in [-0.25, -0.2) is 0 Å². The monoisotopic (exact) mass is 277 g/mol. The first kappa shape index (κ1) is 13.6. The van der Waals surface area contributed by atoms with Gasteiger partial charge >= 0.3 is 0 Å². The molecule has 0 aromatic rings. The van der Waals surface area contributed by atoms with Crippen molar-refractivity contribution in [3.8, 4) is 0 Å². The minimum absolute atomic E-state index is 0.245. The van der Waals surface area contributed by atoms with Crippen molar-refractivity contribution in [1.29, 1.82) is 0 Å². The van der Waals surface area contributed by atoms with E-state index in [2.05, 4.69) is 0 Å². The van der Waals surface area contributed by atoms with Crippen molar-refractivity contribution in [3.05, 3.63) is 0 Å². The van der Waals surface area contributed by atoms with Crippen molar-refractivity contribution < 1.29 is 4.74 Å². The van der Waals surface area contributed by atoms with Gasteiger partial charge < -0.3 is 10.5 Å². The van der Waals surface area contributed by atoms with E-state index in [1.54, 1.807) is 0 Å². The van der Waals surface area contributed by atoms with E-state index in [1.165, 1.54) is 70.6 Å². The SMILES string of the molecule is NC(CC1CC2CCC1C2)C1CCOC2(CCCC2)C1. The molecule has 4 fully saturated rings. The molecule has 2 nitrogen and oxygen atoms in total. The Balaban J connectivity index is 1.35. The highest BCUT2D eigenvalue weighted by molar-refractivity contribution is 4.96. The van der Waals surface area contributed by atoms with Crippen molar-refractivity contribution in [2.45, 2.75) is 82.3 Å². The van der Waals surface area contributed by atoms with Gasteiger partial charge in [0, 0.05) is 12.6 Å². The predicted molar refractivity (Wildman–Crippen MR) is 81.4 cm³/mol. The van der Waals surface area contributed by atoms with Crippen molar-refractivity contribution in [2.75, 3.05) is 6.61 Å². The average molecular weight is 277 g/mol. The standard InChI is InChI=1S/C18H31NO/c19-17(11-16-10-13-3-4-14(16)9-13)15-5-8-20-18(12-15)6-1-2-7-18/h13-17H,1-12,19H2. The fourth-order valence-electron chi connectivity index (χ4n) is 6.01. The third-order valence-corrected chi connectivity index (χ3v) is 7.11. The molecular weight excluding hydrogens is 246 g/mol. The lowest BCUT2D eigenvalue weighted by Gasteiger charge is -2.41. The van der Waals surface area contributed by atoms with E-state index in [9.17, 15) is 0 Å². The highest BCUT2D eigenvalue weighted by Gasteiger charge is 2.44. The maximum absolute atomic E-state index is 6.66. The van der Waals surface area contributed by atoms with Crippen LogP contribution < -0.4 is 5.73 Å². The molecular formula is C18H31NO. The van der Waals surface area contributed by atoms with Gasteiger partial charge in [0.15, 0.2) is 0 Å². The lowest BCUT2D eigenvalue weighted by molar-refractivity contribution is -0.0972. The molecule has 4 aliphatic rings. The van der Waals surface area contributed by atoms with E-state index in [-0.39, 0.29) is 5.60 Å². The molecule has 114 valence electrons. The van der Waals surface area contributed by atoms with Gasteiger partial charge in [-0.15, -0.1) is 0 Å². The maximum Gasteiger partial charge on any atom is 0.0685 e. The Labute approximate surface area is 123 Å². The molecule has 4 rings (SSSR count). The average Bonchev–Trinajstić information content (AvgIpc) is 3.16. The van der Waals surface area contributed by atoms with Crippen LogP contribution in [-0.4, -0.2) is 18.2 Å². The zero-order valence-electron chi connectivity index (χ0n) is 12.9. The van der Waals surface area contributed by atoms with E-state index in [4.69, 9.17) is 10.5 Å². The summed E-state index contributed by atoms with van der Waals surface area (Å²) in [6.45, 7) is 0.967. The molecule has 5 atom stereocenters. The summed E-state index contributed by atoms with van der Waals surface area (Å²) in [5.74, 6) is 3.80. The van der Waals surface area contributed by atoms with E-state index >= 15 is 0 Å². The Morgan fingerprint density at radius 2 is 1.95 bits per heavy atom. The van der Waals surface area contributed by atoms with Crippen LogP contribution in [0.3, 0.4) is 0 Å². The Morgan fingerprint density at radius 3 is 2.65 bits per heavy atom. The van der Waals surface area contributed by atoms with Gasteiger partial charge in [0.25, 0.3) is 0 Å². The van der Waals surface area contributed by atoms with Gasteiger partial charge in [0.05, 0.1) is 5.60 Å². The summed E-state index contributed by atoms with van der Waals surface area (Å²) >= 11 is 0. The van der Waals surface area contributed by atoms with E-state index < -0.39 is 0 Å². The molecule has 2 bridgehead atoms. The van der Waals surface area contributed by atoms with Crippen molar-refractivity contribution >= 4 is 0 Å². The summed E-state index contributed by atoms with van der Waals surface area (Å²) in [4.78, 5) is 0. The molecule has 0 radical (unpaired) electrons. The molecule has 5 unspecified atom stereocenters. The Bertz CT molecular complexity index is 349. The van der Waals surface area contributed by atoms with Crippen LogP contribution in [0.4, 0.5) is 0 Å². The summed E-state index contributed by atoms with van der Waals surface area (Å²) < 4.78 is 6.17. The summed E-state index contributed by atoms with van der Waals surface area (Å²) in [5, 5.41) is 0. The van der Waals surface area contributed by atoms with Gasteiger partial charge in [-0.1, -0.05) is 19.3 Å². The number of hydrogen-bond donors (Lipinski definition) is 1. The van der Waals surface area contributed by atoms with Crippen LogP contribution in [0.1, 0.15) is 70.6 Å². The zero-order valence-corrected chi connectivity index (χ0v) is 12.9. The molecule has 1 saturated heterocycles. The van der Waals surface area contributed by atoms with E-state index in [0.717, 1.165) is 30.3 Å². The molecule has 1 heterocycles. The number of ether oxygens (including phenoxy) is 1. The van der Waals surface area contributed by atoms with Crippen LogP contribution in [0, 0.1) is 23.7 Å². The zero-order chi connectivity index (χ0) is 13.6. The molecule has 2 N–H and O–H groups in total. The van der Waals surface area contributed by atoms with Crippen molar-refractivity contribution in [1.82, 2.24) is 0 Å². The largest absolute Gasteiger partial charge is 0.375 e. The van der Waals surface area contributed by atoms with Crippen LogP contribution >= 0.6 is 0 Å². The molecule has 0 aromatic carbocycles. The fraction of sp³-hybridized carbons (Fsp3) is 1.00.